The van der Waals surface area contributed by atoms with E-state index in [-0.39, 0.29) is 0 Å². The van der Waals surface area contributed by atoms with E-state index in [0.717, 1.165) is 24.1 Å². The number of hydrogen-bond acceptors (Lipinski definition) is 3. The molecular formula is C30H28F3NO3S. The Hall–Kier alpha value is -3.46. The van der Waals surface area contributed by atoms with Gasteiger partial charge in [-0.25, -0.2) is 8.42 Å². The fourth-order valence-corrected chi connectivity index (χ4v) is 5.23. The molecule has 0 unspecified atom stereocenters. The van der Waals surface area contributed by atoms with Crippen molar-refractivity contribution in [3.05, 3.63) is 144 Å². The molecule has 0 atom stereocenters. The van der Waals surface area contributed by atoms with E-state index in [1.165, 1.54) is 22.3 Å². The molecular weight excluding hydrogens is 511 g/mol. The van der Waals surface area contributed by atoms with Gasteiger partial charge in [0.05, 0.1) is 19.0 Å². The molecule has 38 heavy (non-hydrogen) atoms. The van der Waals surface area contributed by atoms with Gasteiger partial charge in [-0.15, -0.1) is 0 Å². The van der Waals surface area contributed by atoms with Crippen LogP contribution in [0, 0.1) is 0 Å². The molecule has 1 fully saturated rings. The average molecular weight is 540 g/mol. The lowest BCUT2D eigenvalue weighted by Crippen LogP contribution is -2.63. The molecule has 4 nitrogen and oxygen atoms in total. The van der Waals surface area contributed by atoms with E-state index in [2.05, 4.69) is 121 Å². The summed E-state index contributed by atoms with van der Waals surface area (Å²) in [5.74, 6) is 0.616. The number of halogens is 3. The Bertz CT molecular complexity index is 1350. The van der Waals surface area contributed by atoms with E-state index >= 15 is 0 Å². The van der Waals surface area contributed by atoms with Crippen LogP contribution in [0.5, 0.6) is 0 Å². The number of rotatable bonds is 6. The standard InChI is InChI=1S/C29H28N.CHF3O3S/c1-5-13-24(14-6-1)21-30(22-28(23-30)25-15-7-2-8-16-25)29(26-17-9-3-10-18-26)27-19-11-4-12-20-27;2-1(3,4)8(5,6)7/h1-20,28-29H,21-23H2;(H,5,6,7)/q+1;/p-1. The van der Waals surface area contributed by atoms with Gasteiger partial charge in [0.1, 0.15) is 12.6 Å². The van der Waals surface area contributed by atoms with E-state index in [1.807, 2.05) is 0 Å². The first-order valence-electron chi connectivity index (χ1n) is 12.2. The van der Waals surface area contributed by atoms with Crippen LogP contribution in [0.1, 0.15) is 34.2 Å². The number of hydrogen-bond donors (Lipinski definition) is 0. The minimum atomic E-state index is -6.09. The number of alkyl halides is 3. The summed E-state index contributed by atoms with van der Waals surface area (Å²) in [7, 11) is -6.09. The van der Waals surface area contributed by atoms with Crippen molar-refractivity contribution >= 4 is 10.1 Å². The fraction of sp³-hybridized carbons (Fsp3) is 0.200. The van der Waals surface area contributed by atoms with Crippen molar-refractivity contribution in [3.8, 4) is 0 Å². The summed E-state index contributed by atoms with van der Waals surface area (Å²) in [5, 5.41) is 0. The van der Waals surface area contributed by atoms with Crippen molar-refractivity contribution < 1.29 is 30.6 Å². The molecule has 1 saturated heterocycles. The van der Waals surface area contributed by atoms with E-state index in [1.54, 1.807) is 0 Å². The Morgan fingerprint density at radius 1 is 0.711 bits per heavy atom. The summed E-state index contributed by atoms with van der Waals surface area (Å²) in [6, 6.07) is 44.6. The predicted molar refractivity (Wildman–Crippen MR) is 140 cm³/mol. The molecule has 8 heteroatoms. The molecule has 4 aromatic carbocycles. The zero-order chi connectivity index (χ0) is 27.2. The SMILES string of the molecule is O=S(=O)([O-])C(F)(F)F.c1ccc(C[N+]2(C(c3ccccc3)c3ccccc3)CC(c3ccccc3)C2)cc1. The third kappa shape index (κ3) is 6.51. The van der Waals surface area contributed by atoms with Gasteiger partial charge in [0.2, 0.25) is 0 Å². The molecule has 198 valence electrons. The molecule has 1 aliphatic rings. The van der Waals surface area contributed by atoms with Crippen LogP contribution in [0.25, 0.3) is 0 Å². The van der Waals surface area contributed by atoms with Crippen LogP contribution < -0.4 is 0 Å². The highest BCUT2D eigenvalue weighted by Gasteiger charge is 2.50. The lowest BCUT2D eigenvalue weighted by atomic mass is 9.82. The summed E-state index contributed by atoms with van der Waals surface area (Å²) < 4.78 is 60.0. The van der Waals surface area contributed by atoms with Crippen molar-refractivity contribution in [1.29, 1.82) is 0 Å². The fourth-order valence-electron chi connectivity index (χ4n) is 5.23. The number of benzene rings is 4. The summed E-state index contributed by atoms with van der Waals surface area (Å²) in [4.78, 5) is 0. The van der Waals surface area contributed by atoms with Crippen molar-refractivity contribution in [2.75, 3.05) is 13.1 Å². The van der Waals surface area contributed by atoms with E-state index < -0.39 is 15.6 Å². The van der Waals surface area contributed by atoms with Gasteiger partial charge in [-0.2, -0.15) is 13.2 Å². The van der Waals surface area contributed by atoms with Crippen LogP contribution >= 0.6 is 0 Å². The molecule has 0 aromatic heterocycles. The molecule has 0 bridgehead atoms. The highest BCUT2D eigenvalue weighted by atomic mass is 32.2. The van der Waals surface area contributed by atoms with Crippen molar-refractivity contribution in [3.63, 3.8) is 0 Å². The molecule has 4 aromatic rings. The Balaban J connectivity index is 0.000000368. The molecule has 0 amide bonds. The largest absolute Gasteiger partial charge is 0.741 e. The number of nitrogens with zero attached hydrogens (tertiary/aromatic N) is 1. The molecule has 1 aliphatic heterocycles. The highest BCUT2D eigenvalue weighted by molar-refractivity contribution is 7.86. The second-order valence-electron chi connectivity index (χ2n) is 9.46. The second kappa shape index (κ2) is 11.5. The van der Waals surface area contributed by atoms with Crippen LogP contribution in [0.3, 0.4) is 0 Å². The molecule has 5 rings (SSSR count). The molecule has 0 spiro atoms. The zero-order valence-corrected chi connectivity index (χ0v) is 21.4. The maximum Gasteiger partial charge on any atom is 0.485 e. The van der Waals surface area contributed by atoms with E-state index in [9.17, 15) is 13.2 Å². The number of likely N-dealkylation sites (tertiary alicyclic amines) is 1. The van der Waals surface area contributed by atoms with Gasteiger partial charge in [0.15, 0.2) is 10.1 Å². The first kappa shape index (κ1) is 27.6. The Morgan fingerprint density at radius 3 is 1.47 bits per heavy atom. The third-order valence-electron chi connectivity index (χ3n) is 6.84. The van der Waals surface area contributed by atoms with E-state index in [4.69, 9.17) is 13.0 Å². The van der Waals surface area contributed by atoms with Gasteiger partial charge in [0.25, 0.3) is 0 Å². The molecule has 1 heterocycles. The summed E-state index contributed by atoms with van der Waals surface area (Å²) in [6.07, 6.45) is 0. The lowest BCUT2D eigenvalue weighted by molar-refractivity contribution is -1.00. The minimum absolute atomic E-state index is 0.340. The van der Waals surface area contributed by atoms with Gasteiger partial charge in [0, 0.05) is 16.7 Å². The topological polar surface area (TPSA) is 57.2 Å². The van der Waals surface area contributed by atoms with Gasteiger partial charge >= 0.3 is 5.51 Å². The van der Waals surface area contributed by atoms with Crippen molar-refractivity contribution in [2.24, 2.45) is 0 Å². The zero-order valence-electron chi connectivity index (χ0n) is 20.5. The molecule has 0 N–H and O–H groups in total. The second-order valence-corrected chi connectivity index (χ2v) is 10.8. The predicted octanol–water partition coefficient (Wildman–Crippen LogP) is 6.64. The highest BCUT2D eigenvalue weighted by Crippen LogP contribution is 2.47. The van der Waals surface area contributed by atoms with Crippen LogP contribution in [0.15, 0.2) is 121 Å². The number of quaternary nitrogens is 1. The van der Waals surface area contributed by atoms with Crippen LogP contribution in [-0.2, 0) is 16.7 Å². The molecule has 0 saturated carbocycles. The maximum absolute atomic E-state index is 10.7. The van der Waals surface area contributed by atoms with Gasteiger partial charge in [-0.05, 0) is 5.56 Å². The van der Waals surface area contributed by atoms with Crippen molar-refractivity contribution in [1.82, 2.24) is 0 Å². The van der Waals surface area contributed by atoms with Crippen LogP contribution in [0.4, 0.5) is 13.2 Å². The Morgan fingerprint density at radius 2 is 1.08 bits per heavy atom. The summed E-state index contributed by atoms with van der Waals surface area (Å²) in [5.41, 5.74) is 0.0600. The molecule has 0 radical (unpaired) electrons. The molecule has 0 aliphatic carbocycles. The van der Waals surface area contributed by atoms with E-state index in [0.29, 0.717) is 12.0 Å². The van der Waals surface area contributed by atoms with Crippen molar-refractivity contribution in [2.45, 2.75) is 24.0 Å². The quantitative estimate of drug-likeness (QED) is 0.157. The minimum Gasteiger partial charge on any atom is -0.741 e. The normalized spacial score (nSPS) is 19.2. The summed E-state index contributed by atoms with van der Waals surface area (Å²) >= 11 is 0. The Labute approximate surface area is 221 Å². The van der Waals surface area contributed by atoms with Gasteiger partial charge in [-0.1, -0.05) is 121 Å². The third-order valence-corrected chi connectivity index (χ3v) is 7.41. The smallest absolute Gasteiger partial charge is 0.485 e. The maximum atomic E-state index is 10.7. The van der Waals surface area contributed by atoms with Gasteiger partial charge in [-0.3, -0.25) is 0 Å². The van der Waals surface area contributed by atoms with Crippen LogP contribution in [-0.4, -0.2) is 36.1 Å². The van der Waals surface area contributed by atoms with Crippen LogP contribution in [0.2, 0.25) is 0 Å². The first-order valence-corrected chi connectivity index (χ1v) is 13.6. The Kier molecular flexibility index (Phi) is 8.35. The monoisotopic (exact) mass is 539 g/mol. The summed E-state index contributed by atoms with van der Waals surface area (Å²) in [6.45, 7) is 3.37. The lowest BCUT2D eigenvalue weighted by Gasteiger charge is -2.55. The first-order chi connectivity index (χ1) is 18.1. The average Bonchev–Trinajstić information content (AvgIpc) is 2.88. The van der Waals surface area contributed by atoms with Gasteiger partial charge < -0.3 is 9.04 Å².